The molecule has 1 nitrogen and oxygen atoms in total. The van der Waals surface area contributed by atoms with Crippen molar-refractivity contribution in [3.63, 3.8) is 0 Å². The van der Waals surface area contributed by atoms with Gasteiger partial charge in [0.25, 0.3) is 0 Å². The molecule has 0 saturated heterocycles. The van der Waals surface area contributed by atoms with E-state index < -0.39 is 5.60 Å². The van der Waals surface area contributed by atoms with Crippen LogP contribution < -0.4 is 4.74 Å². The molecule has 1 aliphatic rings. The van der Waals surface area contributed by atoms with Gasteiger partial charge in [-0.05, 0) is 23.3 Å². The van der Waals surface area contributed by atoms with Gasteiger partial charge in [-0.25, -0.2) is 0 Å². The van der Waals surface area contributed by atoms with Crippen LogP contribution >= 0.6 is 0 Å². The maximum atomic E-state index is 6.77. The molecule has 0 atom stereocenters. The molecule has 0 saturated carbocycles. The normalized spacial score (nSPS) is 14.1. The third-order valence-corrected chi connectivity index (χ3v) is 5.29. The molecule has 5 rings (SSSR count). The van der Waals surface area contributed by atoms with Crippen molar-refractivity contribution in [1.82, 2.24) is 0 Å². The summed E-state index contributed by atoms with van der Waals surface area (Å²) in [4.78, 5) is 0. The van der Waals surface area contributed by atoms with Crippen LogP contribution in [-0.4, -0.2) is 0 Å². The Balaban J connectivity index is 1.65. The summed E-state index contributed by atoms with van der Waals surface area (Å²) in [6, 6.07) is 37.7. The van der Waals surface area contributed by atoms with Crippen molar-refractivity contribution in [2.75, 3.05) is 0 Å². The van der Waals surface area contributed by atoms with E-state index in [4.69, 9.17) is 4.74 Å². The zero-order valence-corrected chi connectivity index (χ0v) is 15.5. The summed E-state index contributed by atoms with van der Waals surface area (Å²) in [5.41, 5.74) is 5.05. The summed E-state index contributed by atoms with van der Waals surface area (Å²) in [6.07, 6.45) is 4.34. The second-order valence-corrected chi connectivity index (χ2v) is 7.02. The second kappa shape index (κ2) is 6.86. The van der Waals surface area contributed by atoms with Gasteiger partial charge in [0, 0.05) is 16.7 Å². The molecule has 1 heteroatoms. The van der Waals surface area contributed by atoms with Crippen LogP contribution in [0.3, 0.4) is 0 Å². The standard InChI is InChI=1S/C27H20O/c1-4-10-21(11-5-1)23-17-16-22-18-19-27(28-26(22)20-23,24-12-6-2-7-13-24)25-14-8-3-9-15-25/h1-20H. The Morgan fingerprint density at radius 2 is 1.11 bits per heavy atom. The Kier molecular flexibility index (Phi) is 4.06. The molecule has 0 unspecified atom stereocenters. The summed E-state index contributed by atoms with van der Waals surface area (Å²) < 4.78 is 6.77. The van der Waals surface area contributed by atoms with Crippen molar-refractivity contribution < 1.29 is 4.74 Å². The molecule has 28 heavy (non-hydrogen) atoms. The smallest absolute Gasteiger partial charge is 0.178 e. The molecule has 0 fully saturated rings. The third-order valence-electron chi connectivity index (χ3n) is 5.29. The highest BCUT2D eigenvalue weighted by Gasteiger charge is 2.36. The first-order chi connectivity index (χ1) is 13.9. The summed E-state index contributed by atoms with van der Waals surface area (Å²) in [5.74, 6) is 0.900. The van der Waals surface area contributed by atoms with E-state index in [9.17, 15) is 0 Å². The predicted octanol–water partition coefficient (Wildman–Crippen LogP) is 6.70. The van der Waals surface area contributed by atoms with Gasteiger partial charge in [0.15, 0.2) is 5.60 Å². The molecule has 0 radical (unpaired) electrons. The Morgan fingerprint density at radius 1 is 0.536 bits per heavy atom. The van der Waals surface area contributed by atoms with Gasteiger partial charge < -0.3 is 4.74 Å². The average Bonchev–Trinajstić information content (AvgIpc) is 2.80. The molecule has 4 aromatic rings. The van der Waals surface area contributed by atoms with Crippen LogP contribution in [0.5, 0.6) is 5.75 Å². The molecule has 1 aliphatic heterocycles. The minimum absolute atomic E-state index is 0.634. The molecule has 0 aromatic heterocycles. The Hall–Kier alpha value is -3.58. The molecular formula is C27H20O. The first-order valence-electron chi connectivity index (χ1n) is 9.54. The van der Waals surface area contributed by atoms with Gasteiger partial charge in [0.2, 0.25) is 0 Å². The maximum Gasteiger partial charge on any atom is 0.178 e. The van der Waals surface area contributed by atoms with Crippen molar-refractivity contribution >= 4 is 6.08 Å². The molecule has 0 aliphatic carbocycles. The minimum Gasteiger partial charge on any atom is -0.473 e. The van der Waals surface area contributed by atoms with Crippen LogP contribution in [0.15, 0.2) is 115 Å². The summed E-state index contributed by atoms with van der Waals surface area (Å²) in [7, 11) is 0. The SMILES string of the molecule is C1=CC(c2ccccc2)(c2ccccc2)Oc2cc(-c3ccccc3)ccc21. The Bertz CT molecular complexity index is 1070. The summed E-state index contributed by atoms with van der Waals surface area (Å²) in [6.45, 7) is 0. The highest BCUT2D eigenvalue weighted by molar-refractivity contribution is 5.72. The Labute approximate surface area is 165 Å². The topological polar surface area (TPSA) is 9.23 Å². The van der Waals surface area contributed by atoms with E-state index in [0.717, 1.165) is 28.0 Å². The first-order valence-corrected chi connectivity index (χ1v) is 9.54. The molecule has 0 N–H and O–H groups in total. The lowest BCUT2D eigenvalue weighted by molar-refractivity contribution is 0.161. The van der Waals surface area contributed by atoms with Crippen LogP contribution in [0.25, 0.3) is 17.2 Å². The van der Waals surface area contributed by atoms with Gasteiger partial charge >= 0.3 is 0 Å². The van der Waals surface area contributed by atoms with Gasteiger partial charge in [-0.1, -0.05) is 109 Å². The highest BCUT2D eigenvalue weighted by Crippen LogP contribution is 2.43. The van der Waals surface area contributed by atoms with Gasteiger partial charge in [0.1, 0.15) is 5.75 Å². The lowest BCUT2D eigenvalue weighted by Crippen LogP contribution is -2.34. The monoisotopic (exact) mass is 360 g/mol. The van der Waals surface area contributed by atoms with Crippen molar-refractivity contribution in [3.05, 3.63) is 132 Å². The first kappa shape index (κ1) is 16.6. The fourth-order valence-corrected chi connectivity index (χ4v) is 3.83. The lowest BCUT2D eigenvalue weighted by atomic mass is 9.83. The fourth-order valence-electron chi connectivity index (χ4n) is 3.83. The molecular weight excluding hydrogens is 340 g/mol. The molecule has 1 heterocycles. The van der Waals surface area contributed by atoms with Crippen molar-refractivity contribution in [1.29, 1.82) is 0 Å². The van der Waals surface area contributed by atoms with E-state index in [0.29, 0.717) is 0 Å². The van der Waals surface area contributed by atoms with E-state index in [-0.39, 0.29) is 0 Å². The van der Waals surface area contributed by atoms with E-state index in [1.54, 1.807) is 0 Å². The van der Waals surface area contributed by atoms with Crippen LogP contribution in [-0.2, 0) is 5.60 Å². The summed E-state index contributed by atoms with van der Waals surface area (Å²) >= 11 is 0. The second-order valence-electron chi connectivity index (χ2n) is 7.02. The fraction of sp³-hybridized carbons (Fsp3) is 0.0370. The van der Waals surface area contributed by atoms with E-state index >= 15 is 0 Å². The largest absolute Gasteiger partial charge is 0.473 e. The Morgan fingerprint density at radius 3 is 1.71 bits per heavy atom. The summed E-state index contributed by atoms with van der Waals surface area (Å²) in [5, 5.41) is 0. The number of ether oxygens (including phenoxy) is 1. The minimum atomic E-state index is -0.634. The van der Waals surface area contributed by atoms with Gasteiger partial charge in [-0.2, -0.15) is 0 Å². The molecule has 4 aromatic carbocycles. The van der Waals surface area contributed by atoms with E-state index in [1.165, 1.54) is 5.56 Å². The number of fused-ring (bicyclic) bond motifs is 1. The van der Waals surface area contributed by atoms with Gasteiger partial charge in [0.05, 0.1) is 0 Å². The van der Waals surface area contributed by atoms with Crippen LogP contribution in [0.1, 0.15) is 16.7 Å². The number of rotatable bonds is 3. The van der Waals surface area contributed by atoms with Crippen LogP contribution in [0, 0.1) is 0 Å². The molecule has 0 amide bonds. The quantitative estimate of drug-likeness (QED) is 0.395. The average molecular weight is 360 g/mol. The molecule has 0 spiro atoms. The highest BCUT2D eigenvalue weighted by atomic mass is 16.5. The number of benzene rings is 4. The molecule has 0 bridgehead atoms. The van der Waals surface area contributed by atoms with Crippen molar-refractivity contribution in [2.45, 2.75) is 5.60 Å². The van der Waals surface area contributed by atoms with Gasteiger partial charge in [-0.15, -0.1) is 0 Å². The van der Waals surface area contributed by atoms with E-state index in [1.807, 2.05) is 18.2 Å². The van der Waals surface area contributed by atoms with Crippen LogP contribution in [0.4, 0.5) is 0 Å². The zero-order chi connectivity index (χ0) is 18.8. The van der Waals surface area contributed by atoms with Crippen molar-refractivity contribution in [2.24, 2.45) is 0 Å². The van der Waals surface area contributed by atoms with Crippen LogP contribution in [0.2, 0.25) is 0 Å². The van der Waals surface area contributed by atoms with Crippen molar-refractivity contribution in [3.8, 4) is 16.9 Å². The van der Waals surface area contributed by atoms with E-state index in [2.05, 4.69) is 103 Å². The number of hydrogen-bond acceptors (Lipinski definition) is 1. The maximum absolute atomic E-state index is 6.77. The van der Waals surface area contributed by atoms with Gasteiger partial charge in [-0.3, -0.25) is 0 Å². The predicted molar refractivity (Wildman–Crippen MR) is 115 cm³/mol. The zero-order valence-electron chi connectivity index (χ0n) is 15.5. The third kappa shape index (κ3) is 2.82. The molecule has 134 valence electrons. The number of hydrogen-bond donors (Lipinski definition) is 0. The lowest BCUT2D eigenvalue weighted by Gasteiger charge is -2.36.